The number of carbonyl (C=O) groups excluding carboxylic acids is 1. The van der Waals surface area contributed by atoms with E-state index >= 15 is 0 Å². The summed E-state index contributed by atoms with van der Waals surface area (Å²) in [6.07, 6.45) is 2.36. The molecule has 0 spiro atoms. The van der Waals surface area contributed by atoms with Crippen molar-refractivity contribution in [1.29, 1.82) is 5.26 Å². The highest BCUT2D eigenvalue weighted by atomic mass is 16.2. The highest BCUT2D eigenvalue weighted by Gasteiger charge is 2.27. The topological polar surface area (TPSA) is 75.0 Å². The number of likely N-dealkylation sites (N-methyl/N-ethyl adjacent to an activating group) is 1. The molecule has 1 aliphatic carbocycles. The summed E-state index contributed by atoms with van der Waals surface area (Å²) in [7, 11) is 3.52. The fourth-order valence-electron chi connectivity index (χ4n) is 2.99. The maximum absolute atomic E-state index is 11.9. The smallest absolute Gasteiger partial charge is 0.243 e. The van der Waals surface area contributed by atoms with Gasteiger partial charge in [0.2, 0.25) is 5.91 Å². The van der Waals surface area contributed by atoms with Crippen molar-refractivity contribution in [3.05, 3.63) is 35.4 Å². The fourth-order valence-corrected chi connectivity index (χ4v) is 2.99. The molecule has 0 aromatic heterocycles. The number of nitrogens with zero attached hydrogens (tertiary/aromatic N) is 5. The lowest BCUT2D eigenvalue weighted by Crippen LogP contribution is -2.52. The highest BCUT2D eigenvalue weighted by Crippen LogP contribution is 2.19. The summed E-state index contributed by atoms with van der Waals surface area (Å²) in [5.41, 5.74) is 1.92. The van der Waals surface area contributed by atoms with Crippen molar-refractivity contribution < 1.29 is 4.79 Å². The molecule has 0 atom stereocenters. The van der Waals surface area contributed by atoms with E-state index in [0.717, 1.165) is 38.7 Å². The van der Waals surface area contributed by atoms with Gasteiger partial charge < -0.3 is 15.1 Å². The van der Waals surface area contributed by atoms with Gasteiger partial charge in [-0.2, -0.15) is 5.26 Å². The first kappa shape index (κ1) is 19.2. The molecule has 2 fully saturated rings. The molecule has 144 valence electrons. The Bertz CT molecular complexity index is 709. The van der Waals surface area contributed by atoms with Gasteiger partial charge in [0, 0.05) is 52.9 Å². The summed E-state index contributed by atoms with van der Waals surface area (Å²) in [6.45, 7) is 4.77. The summed E-state index contributed by atoms with van der Waals surface area (Å²) < 4.78 is 0. The summed E-state index contributed by atoms with van der Waals surface area (Å²) in [6, 6.07) is 10.5. The number of nitrogens with one attached hydrogen (secondary N) is 1. The first-order valence-corrected chi connectivity index (χ1v) is 9.52. The zero-order chi connectivity index (χ0) is 19.2. The minimum absolute atomic E-state index is 0.0181. The van der Waals surface area contributed by atoms with Crippen LogP contribution in [0.3, 0.4) is 0 Å². The van der Waals surface area contributed by atoms with Crippen LogP contribution in [-0.4, -0.2) is 79.4 Å². The number of carbonyl (C=O) groups is 1. The Morgan fingerprint density at radius 1 is 1.22 bits per heavy atom. The fraction of sp³-hybridized carbons (Fsp3) is 0.550. The standard InChI is InChI=1S/C20H28N6O/c1-24(2)19(27)14-22-20(23-18-7-8-18)26-11-9-25(10-12-26)15-17-5-3-16(13-21)4-6-17/h3-6,18H,7-12,14-15H2,1-2H3,(H,22,23). The number of rotatable bonds is 5. The van der Waals surface area contributed by atoms with Crippen molar-refractivity contribution >= 4 is 11.9 Å². The molecule has 1 N–H and O–H groups in total. The van der Waals surface area contributed by atoms with E-state index in [9.17, 15) is 4.79 Å². The van der Waals surface area contributed by atoms with Gasteiger partial charge in [-0.1, -0.05) is 12.1 Å². The Hall–Kier alpha value is -2.59. The first-order chi connectivity index (χ1) is 13.0. The monoisotopic (exact) mass is 368 g/mol. The summed E-state index contributed by atoms with van der Waals surface area (Å²) in [4.78, 5) is 22.7. The predicted octanol–water partition coefficient (Wildman–Crippen LogP) is 0.872. The van der Waals surface area contributed by atoms with Crippen LogP contribution in [0.15, 0.2) is 29.3 Å². The summed E-state index contributed by atoms with van der Waals surface area (Å²) in [5, 5.41) is 12.4. The van der Waals surface area contributed by atoms with Crippen LogP contribution in [0.25, 0.3) is 0 Å². The van der Waals surface area contributed by atoms with Crippen LogP contribution in [0.1, 0.15) is 24.0 Å². The van der Waals surface area contributed by atoms with Gasteiger partial charge in [0.25, 0.3) is 0 Å². The second kappa shape index (κ2) is 8.87. The lowest BCUT2D eigenvalue weighted by molar-refractivity contribution is -0.127. The lowest BCUT2D eigenvalue weighted by Gasteiger charge is -2.36. The number of amides is 1. The number of hydrogen-bond donors (Lipinski definition) is 1. The molecule has 1 aliphatic heterocycles. The van der Waals surface area contributed by atoms with Gasteiger partial charge in [0.05, 0.1) is 11.6 Å². The molecule has 1 saturated heterocycles. The van der Waals surface area contributed by atoms with E-state index in [1.165, 1.54) is 18.4 Å². The summed E-state index contributed by atoms with van der Waals surface area (Å²) >= 11 is 0. The first-order valence-electron chi connectivity index (χ1n) is 9.52. The van der Waals surface area contributed by atoms with Crippen LogP contribution >= 0.6 is 0 Å². The maximum atomic E-state index is 11.9. The second-order valence-corrected chi connectivity index (χ2v) is 7.42. The molecule has 1 aromatic carbocycles. The SMILES string of the molecule is CN(C)C(=O)CN=C(NC1CC1)N1CCN(Cc2ccc(C#N)cc2)CC1. The maximum Gasteiger partial charge on any atom is 0.243 e. The van der Waals surface area contributed by atoms with Gasteiger partial charge in [-0.05, 0) is 30.5 Å². The van der Waals surface area contributed by atoms with E-state index in [4.69, 9.17) is 5.26 Å². The van der Waals surface area contributed by atoms with Crippen molar-refractivity contribution in [2.45, 2.75) is 25.4 Å². The molecule has 1 aromatic rings. The molecule has 1 saturated carbocycles. The van der Waals surface area contributed by atoms with Crippen molar-refractivity contribution in [2.24, 2.45) is 4.99 Å². The number of guanidine groups is 1. The van der Waals surface area contributed by atoms with Gasteiger partial charge in [0.1, 0.15) is 6.54 Å². The van der Waals surface area contributed by atoms with Crippen molar-refractivity contribution in [3.63, 3.8) is 0 Å². The highest BCUT2D eigenvalue weighted by molar-refractivity contribution is 5.85. The number of nitriles is 1. The van der Waals surface area contributed by atoms with Crippen LogP contribution in [-0.2, 0) is 11.3 Å². The van der Waals surface area contributed by atoms with E-state index in [1.54, 1.807) is 19.0 Å². The van der Waals surface area contributed by atoms with Crippen LogP contribution in [0.4, 0.5) is 0 Å². The second-order valence-electron chi connectivity index (χ2n) is 7.42. The molecular weight excluding hydrogens is 340 g/mol. The van der Waals surface area contributed by atoms with Gasteiger partial charge in [-0.25, -0.2) is 4.99 Å². The molecule has 0 radical (unpaired) electrons. The molecule has 0 unspecified atom stereocenters. The van der Waals surface area contributed by atoms with Crippen molar-refractivity contribution in [3.8, 4) is 6.07 Å². The molecule has 1 heterocycles. The van der Waals surface area contributed by atoms with Gasteiger partial charge in [-0.15, -0.1) is 0 Å². The Balaban J connectivity index is 1.53. The molecule has 3 rings (SSSR count). The lowest BCUT2D eigenvalue weighted by atomic mass is 10.1. The third kappa shape index (κ3) is 5.69. The van der Waals surface area contributed by atoms with Crippen molar-refractivity contribution in [2.75, 3.05) is 46.8 Å². The Labute approximate surface area is 161 Å². The third-order valence-corrected chi connectivity index (χ3v) is 4.93. The molecule has 27 heavy (non-hydrogen) atoms. The number of hydrogen-bond acceptors (Lipinski definition) is 4. The quantitative estimate of drug-likeness (QED) is 0.617. The average Bonchev–Trinajstić information content (AvgIpc) is 3.50. The Kier molecular flexibility index (Phi) is 6.30. The molecular formula is C20H28N6O. The molecule has 7 heteroatoms. The van der Waals surface area contributed by atoms with Crippen molar-refractivity contribution in [1.82, 2.24) is 20.0 Å². The van der Waals surface area contributed by atoms with Gasteiger partial charge in [-0.3, -0.25) is 9.69 Å². The molecule has 2 aliphatic rings. The van der Waals surface area contributed by atoms with Crippen LogP contribution < -0.4 is 5.32 Å². The normalized spacial score (nSPS) is 18.1. The van der Waals surface area contributed by atoms with E-state index in [0.29, 0.717) is 11.6 Å². The minimum Gasteiger partial charge on any atom is -0.353 e. The number of benzene rings is 1. The number of piperazine rings is 1. The van der Waals surface area contributed by atoms with E-state index in [-0.39, 0.29) is 12.5 Å². The van der Waals surface area contributed by atoms with E-state index < -0.39 is 0 Å². The Morgan fingerprint density at radius 3 is 2.44 bits per heavy atom. The largest absolute Gasteiger partial charge is 0.353 e. The summed E-state index contributed by atoms with van der Waals surface area (Å²) in [5.74, 6) is 0.885. The van der Waals surface area contributed by atoms with Gasteiger partial charge >= 0.3 is 0 Å². The zero-order valence-corrected chi connectivity index (χ0v) is 16.2. The molecule has 1 amide bonds. The van der Waals surface area contributed by atoms with Crippen LogP contribution in [0, 0.1) is 11.3 Å². The third-order valence-electron chi connectivity index (χ3n) is 4.93. The zero-order valence-electron chi connectivity index (χ0n) is 16.2. The Morgan fingerprint density at radius 2 is 1.89 bits per heavy atom. The molecule has 0 bridgehead atoms. The van der Waals surface area contributed by atoms with E-state index in [2.05, 4.69) is 26.2 Å². The van der Waals surface area contributed by atoms with Gasteiger partial charge in [0.15, 0.2) is 5.96 Å². The average molecular weight is 368 g/mol. The van der Waals surface area contributed by atoms with Crippen LogP contribution in [0.5, 0.6) is 0 Å². The number of aliphatic imine (C=N–C) groups is 1. The minimum atomic E-state index is 0.0181. The molecule has 7 nitrogen and oxygen atoms in total. The van der Waals surface area contributed by atoms with E-state index in [1.807, 2.05) is 24.3 Å². The predicted molar refractivity (Wildman–Crippen MR) is 105 cm³/mol. The van der Waals surface area contributed by atoms with Crippen LogP contribution in [0.2, 0.25) is 0 Å².